The molecule has 1 rings (SSSR count). The number of nitrogens with one attached hydrogen (secondary N) is 1. The highest BCUT2D eigenvalue weighted by Crippen LogP contribution is 2.16. The van der Waals surface area contributed by atoms with Gasteiger partial charge in [0.25, 0.3) is 5.69 Å². The summed E-state index contributed by atoms with van der Waals surface area (Å²) in [6.07, 6.45) is 4.37. The molecule has 0 aliphatic rings. The number of likely N-dealkylation sites (N-methyl/N-ethyl adjacent to an activating group) is 1. The molecule has 18 heavy (non-hydrogen) atoms. The number of hydrogen-bond donors (Lipinski definition) is 1. The molecule has 0 amide bonds. The zero-order valence-electron chi connectivity index (χ0n) is 11.3. The molecular formula is C13H21N3O2. The van der Waals surface area contributed by atoms with E-state index >= 15 is 0 Å². The van der Waals surface area contributed by atoms with Crippen molar-refractivity contribution in [3.8, 4) is 0 Å². The van der Waals surface area contributed by atoms with Crippen LogP contribution in [0.1, 0.15) is 37.9 Å². The van der Waals surface area contributed by atoms with Crippen molar-refractivity contribution in [2.75, 3.05) is 6.54 Å². The molecule has 0 aliphatic heterocycles. The van der Waals surface area contributed by atoms with Crippen LogP contribution >= 0.6 is 0 Å². The van der Waals surface area contributed by atoms with E-state index in [0.717, 1.165) is 37.1 Å². The van der Waals surface area contributed by atoms with Gasteiger partial charge >= 0.3 is 0 Å². The molecule has 0 spiro atoms. The van der Waals surface area contributed by atoms with Crippen LogP contribution in [0.15, 0.2) is 12.3 Å². The van der Waals surface area contributed by atoms with Gasteiger partial charge in [0, 0.05) is 24.2 Å². The predicted octanol–water partition coefficient (Wildman–Crippen LogP) is 2.62. The Morgan fingerprint density at radius 1 is 1.50 bits per heavy atom. The standard InChI is InChI=1S/C13H21N3O2/c1-4-6-11(14-5-2)8-13-10(3)7-12(9-15-13)16(17)18/h7,9,11,14H,4-6,8H2,1-3H3. The maximum atomic E-state index is 10.6. The van der Waals surface area contributed by atoms with Crippen LogP contribution in [-0.4, -0.2) is 22.5 Å². The van der Waals surface area contributed by atoms with Crippen LogP contribution < -0.4 is 5.32 Å². The third-order valence-corrected chi connectivity index (χ3v) is 2.95. The Hall–Kier alpha value is -1.49. The maximum Gasteiger partial charge on any atom is 0.287 e. The van der Waals surface area contributed by atoms with Crippen molar-refractivity contribution in [3.63, 3.8) is 0 Å². The van der Waals surface area contributed by atoms with Crippen molar-refractivity contribution in [3.05, 3.63) is 33.6 Å². The lowest BCUT2D eigenvalue weighted by molar-refractivity contribution is -0.385. The SMILES string of the molecule is CCCC(Cc1ncc([N+](=O)[O-])cc1C)NCC. The lowest BCUT2D eigenvalue weighted by Gasteiger charge is -2.17. The summed E-state index contributed by atoms with van der Waals surface area (Å²) in [5, 5.41) is 14.1. The highest BCUT2D eigenvalue weighted by molar-refractivity contribution is 5.33. The van der Waals surface area contributed by atoms with Gasteiger partial charge in [0.15, 0.2) is 0 Å². The topological polar surface area (TPSA) is 68.1 Å². The van der Waals surface area contributed by atoms with E-state index in [-0.39, 0.29) is 5.69 Å². The Morgan fingerprint density at radius 3 is 2.72 bits per heavy atom. The zero-order chi connectivity index (χ0) is 13.5. The fourth-order valence-electron chi connectivity index (χ4n) is 2.05. The molecule has 5 heteroatoms. The van der Waals surface area contributed by atoms with Crippen molar-refractivity contribution in [2.45, 2.75) is 46.1 Å². The fourth-order valence-corrected chi connectivity index (χ4v) is 2.05. The highest BCUT2D eigenvalue weighted by atomic mass is 16.6. The molecule has 1 N–H and O–H groups in total. The Morgan fingerprint density at radius 2 is 2.22 bits per heavy atom. The van der Waals surface area contributed by atoms with E-state index in [1.165, 1.54) is 6.20 Å². The molecule has 1 aromatic rings. The summed E-state index contributed by atoms with van der Waals surface area (Å²) in [5.41, 5.74) is 1.90. The summed E-state index contributed by atoms with van der Waals surface area (Å²) in [6.45, 7) is 7.04. The van der Waals surface area contributed by atoms with Crippen LogP contribution in [0.2, 0.25) is 0 Å². The van der Waals surface area contributed by atoms with Gasteiger partial charge in [-0.25, -0.2) is 0 Å². The molecule has 1 unspecified atom stereocenters. The van der Waals surface area contributed by atoms with Gasteiger partial charge in [0.1, 0.15) is 6.20 Å². The fraction of sp³-hybridized carbons (Fsp3) is 0.615. The number of aromatic nitrogens is 1. The monoisotopic (exact) mass is 251 g/mol. The number of rotatable bonds is 7. The maximum absolute atomic E-state index is 10.6. The summed E-state index contributed by atoms with van der Waals surface area (Å²) in [7, 11) is 0. The smallest absolute Gasteiger partial charge is 0.287 e. The summed E-state index contributed by atoms with van der Waals surface area (Å²) < 4.78 is 0. The molecule has 100 valence electrons. The lowest BCUT2D eigenvalue weighted by atomic mass is 10.0. The Labute approximate surface area is 108 Å². The summed E-state index contributed by atoms with van der Waals surface area (Å²) in [5.74, 6) is 0. The second kappa shape index (κ2) is 7.06. The molecule has 1 heterocycles. The molecule has 0 fully saturated rings. The number of hydrogen-bond acceptors (Lipinski definition) is 4. The van der Waals surface area contributed by atoms with E-state index in [1.807, 2.05) is 6.92 Å². The molecule has 0 saturated heterocycles. The molecule has 0 aliphatic carbocycles. The van der Waals surface area contributed by atoms with Crippen LogP contribution in [0.3, 0.4) is 0 Å². The second-order valence-corrected chi connectivity index (χ2v) is 4.46. The first-order valence-electron chi connectivity index (χ1n) is 6.41. The first kappa shape index (κ1) is 14.6. The minimum Gasteiger partial charge on any atom is -0.314 e. The van der Waals surface area contributed by atoms with Gasteiger partial charge in [-0.05, 0) is 25.5 Å². The summed E-state index contributed by atoms with van der Waals surface area (Å²) in [4.78, 5) is 14.5. The van der Waals surface area contributed by atoms with E-state index in [4.69, 9.17) is 0 Å². The third kappa shape index (κ3) is 4.07. The van der Waals surface area contributed by atoms with Gasteiger partial charge < -0.3 is 5.32 Å². The second-order valence-electron chi connectivity index (χ2n) is 4.46. The third-order valence-electron chi connectivity index (χ3n) is 2.95. The van der Waals surface area contributed by atoms with E-state index in [1.54, 1.807) is 6.07 Å². The highest BCUT2D eigenvalue weighted by Gasteiger charge is 2.13. The average molecular weight is 251 g/mol. The van der Waals surface area contributed by atoms with Crippen LogP contribution in [0.25, 0.3) is 0 Å². The van der Waals surface area contributed by atoms with E-state index in [9.17, 15) is 10.1 Å². The summed E-state index contributed by atoms with van der Waals surface area (Å²) in [6, 6.07) is 1.99. The molecule has 0 aromatic carbocycles. The lowest BCUT2D eigenvalue weighted by Crippen LogP contribution is -2.31. The van der Waals surface area contributed by atoms with Crippen molar-refractivity contribution in [1.82, 2.24) is 10.3 Å². The van der Waals surface area contributed by atoms with Crippen molar-refractivity contribution < 1.29 is 4.92 Å². The molecule has 0 radical (unpaired) electrons. The quantitative estimate of drug-likeness (QED) is 0.597. The largest absolute Gasteiger partial charge is 0.314 e. The molecular weight excluding hydrogens is 230 g/mol. The Kier molecular flexibility index (Phi) is 5.71. The van der Waals surface area contributed by atoms with Crippen molar-refractivity contribution in [2.24, 2.45) is 0 Å². The van der Waals surface area contributed by atoms with Crippen LogP contribution in [0, 0.1) is 17.0 Å². The average Bonchev–Trinajstić information content (AvgIpc) is 2.32. The van der Waals surface area contributed by atoms with Crippen molar-refractivity contribution in [1.29, 1.82) is 0 Å². The minimum atomic E-state index is -0.405. The number of nitro groups is 1. The van der Waals surface area contributed by atoms with E-state index in [2.05, 4.69) is 24.1 Å². The Balaban J connectivity index is 2.79. The zero-order valence-corrected chi connectivity index (χ0v) is 11.3. The first-order valence-corrected chi connectivity index (χ1v) is 6.41. The number of nitrogens with zero attached hydrogens (tertiary/aromatic N) is 2. The predicted molar refractivity (Wildman–Crippen MR) is 71.7 cm³/mol. The molecule has 5 nitrogen and oxygen atoms in total. The van der Waals surface area contributed by atoms with Gasteiger partial charge in [0.05, 0.1) is 4.92 Å². The first-order chi connectivity index (χ1) is 8.58. The Bertz CT molecular complexity index is 401. The van der Waals surface area contributed by atoms with Crippen LogP contribution in [-0.2, 0) is 6.42 Å². The van der Waals surface area contributed by atoms with Gasteiger partial charge in [-0.1, -0.05) is 20.3 Å². The minimum absolute atomic E-state index is 0.0618. The van der Waals surface area contributed by atoms with Crippen LogP contribution in [0.4, 0.5) is 5.69 Å². The van der Waals surface area contributed by atoms with Gasteiger partial charge in [0.2, 0.25) is 0 Å². The number of pyridine rings is 1. The van der Waals surface area contributed by atoms with Crippen LogP contribution in [0.5, 0.6) is 0 Å². The van der Waals surface area contributed by atoms with Gasteiger partial charge in [-0.15, -0.1) is 0 Å². The molecule has 0 saturated carbocycles. The molecule has 1 aromatic heterocycles. The van der Waals surface area contributed by atoms with Crippen molar-refractivity contribution >= 4 is 5.69 Å². The van der Waals surface area contributed by atoms with E-state index in [0.29, 0.717) is 6.04 Å². The number of aryl methyl sites for hydroxylation is 1. The molecule has 1 atom stereocenters. The van der Waals surface area contributed by atoms with Gasteiger partial charge in [-0.3, -0.25) is 15.1 Å². The molecule has 0 bridgehead atoms. The van der Waals surface area contributed by atoms with E-state index < -0.39 is 4.92 Å². The summed E-state index contributed by atoms with van der Waals surface area (Å²) >= 11 is 0. The van der Waals surface area contributed by atoms with Gasteiger partial charge in [-0.2, -0.15) is 0 Å². The normalized spacial score (nSPS) is 12.4.